The Hall–Kier alpha value is -1.49. The summed E-state index contributed by atoms with van der Waals surface area (Å²) in [7, 11) is 0. The Balaban J connectivity index is 1.59. The maximum Gasteiger partial charge on any atom is 0.324 e. The lowest BCUT2D eigenvalue weighted by Crippen LogP contribution is -2.36. The van der Waals surface area contributed by atoms with Crippen LogP contribution in [0.25, 0.3) is 0 Å². The molecule has 1 heterocycles. The lowest BCUT2D eigenvalue weighted by Gasteiger charge is -2.18. The molecule has 4 nitrogen and oxygen atoms in total. The highest BCUT2D eigenvalue weighted by Crippen LogP contribution is 2.35. The van der Waals surface area contributed by atoms with Crippen molar-refractivity contribution < 1.29 is 9.59 Å². The average molecular weight is 290 g/mol. The van der Waals surface area contributed by atoms with E-state index in [-0.39, 0.29) is 23.2 Å². The monoisotopic (exact) mass is 290 g/mol. The lowest BCUT2D eigenvalue weighted by atomic mass is 10.2. The normalized spacial score (nSPS) is 23.9. The summed E-state index contributed by atoms with van der Waals surface area (Å²) in [5, 5.41) is 3.00. The second-order valence-corrected chi connectivity index (χ2v) is 6.97. The van der Waals surface area contributed by atoms with Gasteiger partial charge in [-0.3, -0.25) is 9.69 Å². The molecule has 5 heteroatoms. The van der Waals surface area contributed by atoms with Gasteiger partial charge in [0.2, 0.25) is 0 Å². The van der Waals surface area contributed by atoms with E-state index >= 15 is 0 Å². The van der Waals surface area contributed by atoms with Crippen molar-refractivity contribution in [1.82, 2.24) is 10.2 Å². The standard InChI is InChI=1S/C15H18N2O2S/c1-10(20-12-5-3-2-4-6-12)9-17-14(18)13(11-7-8-11)16-15(17)19/h2-6,10-11,13H,7-9H2,1H3,(H,16,19)/t10-,13+/m0/s1. The molecule has 20 heavy (non-hydrogen) atoms. The smallest absolute Gasteiger partial charge is 0.324 e. The van der Waals surface area contributed by atoms with Crippen LogP contribution in [0.4, 0.5) is 4.79 Å². The van der Waals surface area contributed by atoms with Crippen LogP contribution in [0.1, 0.15) is 19.8 Å². The van der Waals surface area contributed by atoms with Crippen LogP contribution < -0.4 is 5.32 Å². The molecule has 1 aliphatic heterocycles. The van der Waals surface area contributed by atoms with E-state index in [0.29, 0.717) is 12.5 Å². The molecule has 3 amide bonds. The van der Waals surface area contributed by atoms with Crippen LogP contribution in [0.5, 0.6) is 0 Å². The molecule has 0 spiro atoms. The number of benzene rings is 1. The molecule has 0 bridgehead atoms. The number of carbonyl (C=O) groups excluding carboxylic acids is 2. The van der Waals surface area contributed by atoms with Crippen molar-refractivity contribution in [3.8, 4) is 0 Å². The van der Waals surface area contributed by atoms with Crippen molar-refractivity contribution in [3.05, 3.63) is 30.3 Å². The van der Waals surface area contributed by atoms with Gasteiger partial charge in [-0.05, 0) is 30.9 Å². The molecule has 0 unspecified atom stereocenters. The fourth-order valence-electron chi connectivity index (χ4n) is 2.49. The third-order valence-corrected chi connectivity index (χ3v) is 4.77. The van der Waals surface area contributed by atoms with Crippen LogP contribution in [-0.2, 0) is 4.79 Å². The Bertz CT molecular complexity index is 516. The zero-order chi connectivity index (χ0) is 14.1. The minimum atomic E-state index is -0.267. The van der Waals surface area contributed by atoms with Crippen LogP contribution in [0.2, 0.25) is 0 Å². The summed E-state index contributed by atoms with van der Waals surface area (Å²) in [6.07, 6.45) is 2.11. The van der Waals surface area contributed by atoms with E-state index in [1.807, 2.05) is 37.3 Å². The first-order chi connectivity index (χ1) is 9.65. The summed E-state index contributed by atoms with van der Waals surface area (Å²) < 4.78 is 0. The molecule has 1 saturated heterocycles. The van der Waals surface area contributed by atoms with Gasteiger partial charge in [0.05, 0.1) is 0 Å². The number of urea groups is 1. The number of rotatable bonds is 5. The minimum Gasteiger partial charge on any atom is -0.326 e. The average Bonchev–Trinajstić information content (AvgIpc) is 3.23. The van der Waals surface area contributed by atoms with E-state index < -0.39 is 0 Å². The predicted octanol–water partition coefficient (Wildman–Crippen LogP) is 2.50. The first-order valence-corrected chi connectivity index (χ1v) is 7.86. The van der Waals surface area contributed by atoms with Gasteiger partial charge in [0, 0.05) is 16.7 Å². The summed E-state index contributed by atoms with van der Waals surface area (Å²) in [6, 6.07) is 9.55. The van der Waals surface area contributed by atoms with E-state index in [2.05, 4.69) is 5.32 Å². The highest BCUT2D eigenvalue weighted by Gasteiger charge is 2.46. The molecule has 1 aromatic rings. The van der Waals surface area contributed by atoms with Crippen LogP contribution >= 0.6 is 11.8 Å². The van der Waals surface area contributed by atoms with Crippen molar-refractivity contribution in [2.24, 2.45) is 5.92 Å². The number of imide groups is 1. The molecule has 2 atom stereocenters. The minimum absolute atomic E-state index is 0.0435. The second-order valence-electron chi connectivity index (χ2n) is 5.45. The SMILES string of the molecule is C[C@@H](CN1C(=O)N[C@H](C2CC2)C1=O)Sc1ccccc1. The van der Waals surface area contributed by atoms with Crippen molar-refractivity contribution in [2.45, 2.75) is 36.0 Å². The van der Waals surface area contributed by atoms with Crippen LogP contribution in [0, 0.1) is 5.92 Å². The van der Waals surface area contributed by atoms with Gasteiger partial charge in [-0.1, -0.05) is 25.1 Å². The van der Waals surface area contributed by atoms with E-state index in [1.165, 1.54) is 4.90 Å². The fourth-order valence-corrected chi connectivity index (χ4v) is 3.49. The van der Waals surface area contributed by atoms with E-state index in [9.17, 15) is 9.59 Å². The number of hydrogen-bond donors (Lipinski definition) is 1. The summed E-state index contributed by atoms with van der Waals surface area (Å²) in [5.41, 5.74) is 0. The molecule has 1 aliphatic carbocycles. The molecule has 2 fully saturated rings. The van der Waals surface area contributed by atoms with Gasteiger partial charge in [0.25, 0.3) is 5.91 Å². The van der Waals surface area contributed by atoms with Gasteiger partial charge >= 0.3 is 6.03 Å². The fraction of sp³-hybridized carbons (Fsp3) is 0.467. The predicted molar refractivity (Wildman–Crippen MR) is 78.5 cm³/mol. The lowest BCUT2D eigenvalue weighted by molar-refractivity contribution is -0.127. The topological polar surface area (TPSA) is 49.4 Å². The Morgan fingerprint density at radius 2 is 2.00 bits per heavy atom. The number of nitrogens with one attached hydrogen (secondary N) is 1. The number of amides is 3. The van der Waals surface area contributed by atoms with Gasteiger partial charge in [-0.2, -0.15) is 0 Å². The summed E-state index contributed by atoms with van der Waals surface area (Å²) in [5.74, 6) is 0.326. The van der Waals surface area contributed by atoms with Gasteiger partial charge in [-0.25, -0.2) is 4.79 Å². The zero-order valence-corrected chi connectivity index (χ0v) is 12.2. The van der Waals surface area contributed by atoms with Gasteiger partial charge < -0.3 is 5.32 Å². The molecule has 0 radical (unpaired) electrons. The van der Waals surface area contributed by atoms with Crippen LogP contribution in [0.3, 0.4) is 0 Å². The molecule has 106 valence electrons. The largest absolute Gasteiger partial charge is 0.326 e. The summed E-state index contributed by atoms with van der Waals surface area (Å²) in [6.45, 7) is 2.51. The van der Waals surface area contributed by atoms with E-state index in [4.69, 9.17) is 0 Å². The van der Waals surface area contributed by atoms with Crippen molar-refractivity contribution in [1.29, 1.82) is 0 Å². The second kappa shape index (κ2) is 5.48. The van der Waals surface area contributed by atoms with Crippen molar-refractivity contribution in [3.63, 3.8) is 0 Å². The first-order valence-electron chi connectivity index (χ1n) is 6.98. The van der Waals surface area contributed by atoms with Gasteiger partial charge in [0.1, 0.15) is 6.04 Å². The maximum absolute atomic E-state index is 12.2. The number of thioether (sulfide) groups is 1. The molecule has 0 aromatic heterocycles. The van der Waals surface area contributed by atoms with Gasteiger partial charge in [0.15, 0.2) is 0 Å². The van der Waals surface area contributed by atoms with E-state index in [1.54, 1.807) is 11.8 Å². The maximum atomic E-state index is 12.2. The number of nitrogens with zero attached hydrogens (tertiary/aromatic N) is 1. The molecular weight excluding hydrogens is 272 g/mol. The summed E-state index contributed by atoms with van der Waals surface area (Å²) >= 11 is 1.69. The molecule has 1 saturated carbocycles. The molecule has 1 N–H and O–H groups in total. The summed E-state index contributed by atoms with van der Waals surface area (Å²) in [4.78, 5) is 26.7. The zero-order valence-electron chi connectivity index (χ0n) is 11.4. The molecular formula is C15H18N2O2S. The van der Waals surface area contributed by atoms with Gasteiger partial charge in [-0.15, -0.1) is 11.8 Å². The van der Waals surface area contributed by atoms with Crippen molar-refractivity contribution in [2.75, 3.05) is 6.54 Å². The van der Waals surface area contributed by atoms with Crippen molar-refractivity contribution >= 4 is 23.7 Å². The first kappa shape index (κ1) is 13.5. The van der Waals surface area contributed by atoms with Crippen LogP contribution in [-0.4, -0.2) is 34.7 Å². The Labute approximate surface area is 122 Å². The molecule has 3 rings (SSSR count). The number of hydrogen-bond acceptors (Lipinski definition) is 3. The molecule has 2 aliphatic rings. The van der Waals surface area contributed by atoms with E-state index in [0.717, 1.165) is 17.7 Å². The Morgan fingerprint density at radius 3 is 2.65 bits per heavy atom. The third-order valence-electron chi connectivity index (χ3n) is 3.67. The Kier molecular flexibility index (Phi) is 3.70. The highest BCUT2D eigenvalue weighted by molar-refractivity contribution is 8.00. The number of carbonyl (C=O) groups is 2. The van der Waals surface area contributed by atoms with Crippen LogP contribution in [0.15, 0.2) is 35.2 Å². The highest BCUT2D eigenvalue weighted by atomic mass is 32.2. The third kappa shape index (κ3) is 2.82. The quantitative estimate of drug-likeness (QED) is 0.669. The molecule has 1 aromatic carbocycles. The Morgan fingerprint density at radius 1 is 1.30 bits per heavy atom.